The Labute approximate surface area is 126 Å². The molecule has 1 rings (SSSR count). The van der Waals surface area contributed by atoms with Crippen molar-refractivity contribution in [2.24, 2.45) is 11.8 Å². The van der Waals surface area contributed by atoms with Crippen LogP contribution in [-0.2, 0) is 11.2 Å². The molecule has 5 N–H and O–H groups in total. The van der Waals surface area contributed by atoms with E-state index in [1.807, 2.05) is 13.8 Å². The molecule has 0 bridgehead atoms. The molecule has 1 aromatic heterocycles. The summed E-state index contributed by atoms with van der Waals surface area (Å²) in [7, 11) is 0. The maximum absolute atomic E-state index is 12.0. The zero-order valence-corrected chi connectivity index (χ0v) is 13.4. The van der Waals surface area contributed by atoms with Gasteiger partial charge in [-0.2, -0.15) is 0 Å². The van der Waals surface area contributed by atoms with E-state index in [2.05, 4.69) is 39.9 Å². The lowest BCUT2D eigenvalue weighted by molar-refractivity contribution is -0.121. The number of amides is 1. The van der Waals surface area contributed by atoms with Crippen LogP contribution >= 0.6 is 0 Å². The van der Waals surface area contributed by atoms with Crippen LogP contribution in [0.4, 0.5) is 11.6 Å². The van der Waals surface area contributed by atoms with Gasteiger partial charge in [-0.3, -0.25) is 4.79 Å². The van der Waals surface area contributed by atoms with E-state index in [4.69, 9.17) is 5.84 Å². The van der Waals surface area contributed by atoms with Crippen molar-refractivity contribution in [1.29, 1.82) is 0 Å². The summed E-state index contributed by atoms with van der Waals surface area (Å²) in [5.74, 6) is 7.70. The first-order valence-corrected chi connectivity index (χ1v) is 7.27. The molecule has 1 atom stereocenters. The molecule has 21 heavy (non-hydrogen) atoms. The Kier molecular flexibility index (Phi) is 6.36. The Morgan fingerprint density at radius 3 is 2.38 bits per heavy atom. The van der Waals surface area contributed by atoms with E-state index < -0.39 is 0 Å². The summed E-state index contributed by atoms with van der Waals surface area (Å²) in [5.41, 5.74) is 3.35. The minimum Gasteiger partial charge on any atom is -0.358 e. The SMILES string of the molecule is CCc1nc(NN)c(C)c(NC(C)C(=O)NCC(C)C)n1. The maximum atomic E-state index is 12.0. The first kappa shape index (κ1) is 17.2. The van der Waals surface area contributed by atoms with Gasteiger partial charge in [0.2, 0.25) is 5.91 Å². The zero-order chi connectivity index (χ0) is 16.0. The molecule has 0 aromatic carbocycles. The molecular formula is C14H26N6O. The van der Waals surface area contributed by atoms with Crippen LogP contribution in [0, 0.1) is 12.8 Å². The molecule has 0 aliphatic carbocycles. The fourth-order valence-electron chi connectivity index (χ4n) is 1.73. The molecule has 118 valence electrons. The molecule has 0 spiro atoms. The number of nitrogens with one attached hydrogen (secondary N) is 3. The van der Waals surface area contributed by atoms with Gasteiger partial charge in [-0.25, -0.2) is 15.8 Å². The van der Waals surface area contributed by atoms with Crippen molar-refractivity contribution in [3.8, 4) is 0 Å². The average molecular weight is 294 g/mol. The summed E-state index contributed by atoms with van der Waals surface area (Å²) < 4.78 is 0. The number of aryl methyl sites for hydroxylation is 1. The summed E-state index contributed by atoms with van der Waals surface area (Å²) in [6.07, 6.45) is 0.692. The van der Waals surface area contributed by atoms with Gasteiger partial charge >= 0.3 is 0 Å². The van der Waals surface area contributed by atoms with E-state index in [9.17, 15) is 4.79 Å². The second-order valence-corrected chi connectivity index (χ2v) is 5.46. The number of rotatable bonds is 7. The summed E-state index contributed by atoms with van der Waals surface area (Å²) in [6, 6.07) is -0.382. The standard InChI is InChI=1S/C14H26N6O/c1-6-11-18-12(9(4)13(19-11)20-15)17-10(5)14(21)16-7-8(2)3/h8,10H,6-7,15H2,1-5H3,(H,16,21)(H2,17,18,19,20). The molecule has 1 aromatic rings. The van der Waals surface area contributed by atoms with Gasteiger partial charge in [0, 0.05) is 18.5 Å². The molecule has 0 aliphatic rings. The Hall–Kier alpha value is -1.89. The summed E-state index contributed by atoms with van der Waals surface area (Å²) in [4.78, 5) is 20.7. The molecule has 7 nitrogen and oxygen atoms in total. The van der Waals surface area contributed by atoms with E-state index in [0.29, 0.717) is 36.3 Å². The quantitative estimate of drug-likeness (QED) is 0.445. The molecule has 0 aliphatic heterocycles. The van der Waals surface area contributed by atoms with Crippen molar-refractivity contribution in [2.45, 2.75) is 47.1 Å². The number of anilines is 2. The van der Waals surface area contributed by atoms with Crippen molar-refractivity contribution in [3.63, 3.8) is 0 Å². The Balaban J connectivity index is 2.84. The molecule has 1 unspecified atom stereocenters. The van der Waals surface area contributed by atoms with E-state index in [1.165, 1.54) is 0 Å². The number of hydrogen-bond acceptors (Lipinski definition) is 6. The van der Waals surface area contributed by atoms with Crippen molar-refractivity contribution < 1.29 is 4.79 Å². The van der Waals surface area contributed by atoms with Crippen LogP contribution in [0.1, 0.15) is 39.1 Å². The fourth-order valence-corrected chi connectivity index (χ4v) is 1.73. The third-order valence-electron chi connectivity index (χ3n) is 3.08. The molecule has 0 radical (unpaired) electrons. The first-order chi connectivity index (χ1) is 9.88. The highest BCUT2D eigenvalue weighted by Gasteiger charge is 2.16. The number of nitrogens with two attached hydrogens (primary N) is 1. The van der Waals surface area contributed by atoms with Gasteiger partial charge < -0.3 is 16.1 Å². The molecule has 1 amide bonds. The monoisotopic (exact) mass is 294 g/mol. The van der Waals surface area contributed by atoms with Crippen molar-refractivity contribution >= 4 is 17.5 Å². The third-order valence-corrected chi connectivity index (χ3v) is 3.08. The summed E-state index contributed by atoms with van der Waals surface area (Å²) >= 11 is 0. The fraction of sp³-hybridized carbons (Fsp3) is 0.643. The van der Waals surface area contributed by atoms with Crippen LogP contribution in [0.5, 0.6) is 0 Å². The highest BCUT2D eigenvalue weighted by Crippen LogP contribution is 2.20. The number of hydrogen-bond donors (Lipinski definition) is 4. The number of nitrogens with zero attached hydrogens (tertiary/aromatic N) is 2. The third kappa shape index (κ3) is 4.86. The van der Waals surface area contributed by atoms with E-state index in [0.717, 1.165) is 5.56 Å². The van der Waals surface area contributed by atoms with Crippen LogP contribution in [0.3, 0.4) is 0 Å². The number of nitrogen functional groups attached to an aromatic ring is 1. The van der Waals surface area contributed by atoms with E-state index in [1.54, 1.807) is 6.92 Å². The van der Waals surface area contributed by atoms with Gasteiger partial charge in [-0.15, -0.1) is 0 Å². The number of aromatic nitrogens is 2. The van der Waals surface area contributed by atoms with Crippen LogP contribution in [0.15, 0.2) is 0 Å². The van der Waals surface area contributed by atoms with Crippen LogP contribution < -0.4 is 21.9 Å². The van der Waals surface area contributed by atoms with E-state index in [-0.39, 0.29) is 11.9 Å². The van der Waals surface area contributed by atoms with E-state index >= 15 is 0 Å². The lowest BCUT2D eigenvalue weighted by atomic mass is 10.2. The van der Waals surface area contributed by atoms with Gasteiger partial charge in [0.15, 0.2) is 0 Å². The minimum atomic E-state index is -0.382. The Morgan fingerprint density at radius 1 is 1.24 bits per heavy atom. The summed E-state index contributed by atoms with van der Waals surface area (Å²) in [5, 5.41) is 6.02. The highest BCUT2D eigenvalue weighted by atomic mass is 16.2. The van der Waals surface area contributed by atoms with Gasteiger partial charge in [0.1, 0.15) is 23.5 Å². The average Bonchev–Trinajstić information content (AvgIpc) is 2.46. The molecule has 1 heterocycles. The number of hydrazine groups is 1. The van der Waals surface area contributed by atoms with Crippen molar-refractivity contribution in [3.05, 3.63) is 11.4 Å². The molecule has 7 heteroatoms. The summed E-state index contributed by atoms with van der Waals surface area (Å²) in [6.45, 7) is 10.4. The van der Waals surface area contributed by atoms with Crippen LogP contribution in [0.25, 0.3) is 0 Å². The number of carbonyl (C=O) groups is 1. The lowest BCUT2D eigenvalue weighted by Gasteiger charge is -2.18. The molecule has 0 saturated heterocycles. The van der Waals surface area contributed by atoms with Gasteiger partial charge in [-0.05, 0) is 19.8 Å². The van der Waals surface area contributed by atoms with Gasteiger partial charge in [0.05, 0.1) is 0 Å². The molecular weight excluding hydrogens is 268 g/mol. The van der Waals surface area contributed by atoms with Gasteiger partial charge in [-0.1, -0.05) is 20.8 Å². The Bertz CT molecular complexity index is 489. The van der Waals surface area contributed by atoms with Crippen molar-refractivity contribution in [2.75, 3.05) is 17.3 Å². The predicted molar refractivity (Wildman–Crippen MR) is 84.9 cm³/mol. The molecule has 0 saturated carbocycles. The highest BCUT2D eigenvalue weighted by molar-refractivity contribution is 5.84. The Morgan fingerprint density at radius 2 is 1.86 bits per heavy atom. The second-order valence-electron chi connectivity index (χ2n) is 5.46. The van der Waals surface area contributed by atoms with Gasteiger partial charge in [0.25, 0.3) is 0 Å². The topological polar surface area (TPSA) is 105 Å². The predicted octanol–water partition coefficient (Wildman–Crippen LogP) is 1.21. The normalized spacial score (nSPS) is 12.1. The van der Waals surface area contributed by atoms with Crippen LogP contribution in [-0.4, -0.2) is 28.5 Å². The molecule has 0 fully saturated rings. The maximum Gasteiger partial charge on any atom is 0.242 e. The number of carbonyl (C=O) groups excluding carboxylic acids is 1. The first-order valence-electron chi connectivity index (χ1n) is 7.27. The lowest BCUT2D eigenvalue weighted by Crippen LogP contribution is -2.39. The second kappa shape index (κ2) is 7.78. The zero-order valence-electron chi connectivity index (χ0n) is 13.4. The smallest absolute Gasteiger partial charge is 0.242 e. The van der Waals surface area contributed by atoms with Crippen LogP contribution in [0.2, 0.25) is 0 Å². The largest absolute Gasteiger partial charge is 0.358 e. The van der Waals surface area contributed by atoms with Crippen molar-refractivity contribution in [1.82, 2.24) is 15.3 Å². The minimum absolute atomic E-state index is 0.0537.